The Morgan fingerprint density at radius 2 is 2.25 bits per heavy atom. The van der Waals surface area contributed by atoms with Crippen LogP contribution >= 0.6 is 27.5 Å². The fourth-order valence-corrected chi connectivity index (χ4v) is 2.00. The molecule has 2 nitrogen and oxygen atoms in total. The Kier molecular flexibility index (Phi) is 3.38. The van der Waals surface area contributed by atoms with E-state index >= 15 is 0 Å². The molecule has 0 amide bonds. The van der Waals surface area contributed by atoms with Crippen LogP contribution in [0.1, 0.15) is 5.56 Å². The molecule has 0 bridgehead atoms. The van der Waals surface area contributed by atoms with Crippen molar-refractivity contribution in [3.8, 4) is 5.75 Å². The number of benzene rings is 1. The maximum absolute atomic E-state index is 8.94. The van der Waals surface area contributed by atoms with Gasteiger partial charge in [-0.1, -0.05) is 11.6 Å². The summed E-state index contributed by atoms with van der Waals surface area (Å²) in [6.07, 6.45) is 0. The highest BCUT2D eigenvalue weighted by Gasteiger charge is 2.07. The van der Waals surface area contributed by atoms with Crippen molar-refractivity contribution in [3.05, 3.63) is 27.2 Å². The Morgan fingerprint density at radius 1 is 1.58 bits per heavy atom. The molecule has 0 aliphatic rings. The maximum atomic E-state index is 8.94. The molecule has 0 atom stereocenters. The van der Waals surface area contributed by atoms with Crippen LogP contribution < -0.4 is 4.74 Å². The van der Waals surface area contributed by atoms with Crippen LogP contribution in [0, 0.1) is 0 Å². The van der Waals surface area contributed by atoms with Crippen molar-refractivity contribution in [1.29, 1.82) is 0 Å². The Balaban J connectivity index is 3.24. The molecule has 12 heavy (non-hydrogen) atoms. The lowest BCUT2D eigenvalue weighted by molar-refractivity contribution is 0.273. The molecule has 0 spiro atoms. The first-order valence-electron chi connectivity index (χ1n) is 3.31. The number of rotatable bonds is 2. The normalized spacial score (nSPS) is 10.0. The molecule has 0 radical (unpaired) electrons. The molecule has 1 aromatic rings. The number of methoxy groups -OCH3 is 1. The monoisotopic (exact) mass is 250 g/mol. The summed E-state index contributed by atoms with van der Waals surface area (Å²) >= 11 is 9.04. The van der Waals surface area contributed by atoms with E-state index in [1.54, 1.807) is 19.2 Å². The van der Waals surface area contributed by atoms with E-state index in [-0.39, 0.29) is 6.61 Å². The van der Waals surface area contributed by atoms with Crippen LogP contribution in [0.2, 0.25) is 5.02 Å². The van der Waals surface area contributed by atoms with Crippen molar-refractivity contribution in [2.24, 2.45) is 0 Å². The summed E-state index contributed by atoms with van der Waals surface area (Å²) in [5.74, 6) is 0.627. The molecule has 0 aromatic heterocycles. The van der Waals surface area contributed by atoms with E-state index in [0.717, 1.165) is 4.47 Å². The van der Waals surface area contributed by atoms with Gasteiger partial charge >= 0.3 is 0 Å². The quantitative estimate of drug-likeness (QED) is 0.875. The van der Waals surface area contributed by atoms with Crippen LogP contribution in [0.25, 0.3) is 0 Å². The average Bonchev–Trinajstić information content (AvgIpc) is 2.03. The molecule has 0 fully saturated rings. The van der Waals surface area contributed by atoms with Gasteiger partial charge in [0, 0.05) is 10.6 Å². The summed E-state index contributed by atoms with van der Waals surface area (Å²) in [5.41, 5.74) is 0.678. The molecular formula is C8H8BrClO2. The Labute approximate surface area is 84.2 Å². The number of hydrogen-bond donors (Lipinski definition) is 1. The average molecular weight is 252 g/mol. The fourth-order valence-electron chi connectivity index (χ4n) is 0.960. The molecule has 4 heteroatoms. The Hall–Kier alpha value is -0.250. The molecule has 0 heterocycles. The molecule has 0 aliphatic carbocycles. The first-order chi connectivity index (χ1) is 5.69. The van der Waals surface area contributed by atoms with Crippen molar-refractivity contribution in [2.75, 3.05) is 7.11 Å². The van der Waals surface area contributed by atoms with E-state index in [1.807, 2.05) is 0 Å². The second-order valence-corrected chi connectivity index (χ2v) is 3.53. The number of ether oxygens (including phenoxy) is 1. The van der Waals surface area contributed by atoms with Crippen molar-refractivity contribution in [3.63, 3.8) is 0 Å². The van der Waals surface area contributed by atoms with Crippen LogP contribution in [-0.4, -0.2) is 12.2 Å². The van der Waals surface area contributed by atoms with E-state index in [1.165, 1.54) is 0 Å². The van der Waals surface area contributed by atoms with Crippen LogP contribution in [0.5, 0.6) is 5.75 Å². The van der Waals surface area contributed by atoms with Crippen LogP contribution in [0.4, 0.5) is 0 Å². The zero-order valence-electron chi connectivity index (χ0n) is 6.47. The smallest absolute Gasteiger partial charge is 0.138 e. The van der Waals surface area contributed by atoms with Gasteiger partial charge in [0.2, 0.25) is 0 Å². The zero-order chi connectivity index (χ0) is 9.14. The SMILES string of the molecule is COc1c(Br)cc(Cl)cc1CO. The predicted octanol–water partition coefficient (Wildman–Crippen LogP) is 2.60. The second kappa shape index (κ2) is 4.12. The van der Waals surface area contributed by atoms with E-state index < -0.39 is 0 Å². The third kappa shape index (κ3) is 1.91. The van der Waals surface area contributed by atoms with Crippen LogP contribution in [0.15, 0.2) is 16.6 Å². The second-order valence-electron chi connectivity index (χ2n) is 2.24. The van der Waals surface area contributed by atoms with Crippen LogP contribution in [-0.2, 0) is 6.61 Å². The maximum Gasteiger partial charge on any atom is 0.138 e. The standard InChI is InChI=1S/C8H8BrClO2/c1-12-8-5(4-11)2-6(10)3-7(8)9/h2-3,11H,4H2,1H3. The minimum atomic E-state index is -0.0810. The number of hydrogen-bond acceptors (Lipinski definition) is 2. The highest BCUT2D eigenvalue weighted by atomic mass is 79.9. The Morgan fingerprint density at radius 3 is 2.75 bits per heavy atom. The van der Waals surface area contributed by atoms with Gasteiger partial charge in [-0.15, -0.1) is 0 Å². The summed E-state index contributed by atoms with van der Waals surface area (Å²) < 4.78 is 5.81. The summed E-state index contributed by atoms with van der Waals surface area (Å²) in [6, 6.07) is 3.39. The molecule has 0 aliphatic heterocycles. The molecule has 0 saturated carbocycles. The van der Waals surface area contributed by atoms with Crippen molar-refractivity contribution in [1.82, 2.24) is 0 Å². The lowest BCUT2D eigenvalue weighted by atomic mass is 10.2. The molecule has 1 rings (SSSR count). The molecule has 1 aromatic carbocycles. The number of aliphatic hydroxyl groups excluding tert-OH is 1. The summed E-state index contributed by atoms with van der Waals surface area (Å²) in [5, 5.41) is 9.51. The van der Waals surface area contributed by atoms with Gasteiger partial charge in [0.25, 0.3) is 0 Å². The van der Waals surface area contributed by atoms with Gasteiger partial charge < -0.3 is 9.84 Å². The third-order valence-electron chi connectivity index (χ3n) is 1.46. The van der Waals surface area contributed by atoms with Gasteiger partial charge in [0.15, 0.2) is 0 Å². The fraction of sp³-hybridized carbons (Fsp3) is 0.250. The first-order valence-corrected chi connectivity index (χ1v) is 4.49. The van der Waals surface area contributed by atoms with Gasteiger partial charge in [0.1, 0.15) is 5.75 Å². The Bertz CT molecular complexity index is 289. The summed E-state index contributed by atoms with van der Waals surface area (Å²) in [4.78, 5) is 0. The topological polar surface area (TPSA) is 29.5 Å². The molecule has 1 N–H and O–H groups in total. The molecule has 0 saturated heterocycles. The molecule has 0 unspecified atom stereocenters. The van der Waals surface area contributed by atoms with Crippen LogP contribution in [0.3, 0.4) is 0 Å². The lowest BCUT2D eigenvalue weighted by Gasteiger charge is -2.08. The van der Waals surface area contributed by atoms with E-state index in [4.69, 9.17) is 21.4 Å². The zero-order valence-corrected chi connectivity index (χ0v) is 8.82. The van der Waals surface area contributed by atoms with Gasteiger partial charge in [0.05, 0.1) is 18.2 Å². The van der Waals surface area contributed by atoms with Gasteiger partial charge in [-0.3, -0.25) is 0 Å². The lowest BCUT2D eigenvalue weighted by Crippen LogP contribution is -1.92. The highest BCUT2D eigenvalue weighted by Crippen LogP contribution is 2.32. The summed E-state index contributed by atoms with van der Waals surface area (Å²) in [7, 11) is 1.55. The minimum Gasteiger partial charge on any atom is -0.495 e. The van der Waals surface area contributed by atoms with E-state index in [2.05, 4.69) is 15.9 Å². The predicted molar refractivity (Wildman–Crippen MR) is 51.6 cm³/mol. The summed E-state index contributed by atoms with van der Waals surface area (Å²) in [6.45, 7) is -0.0810. The largest absolute Gasteiger partial charge is 0.495 e. The number of aliphatic hydroxyl groups is 1. The van der Waals surface area contributed by atoms with Gasteiger partial charge in [-0.2, -0.15) is 0 Å². The van der Waals surface area contributed by atoms with E-state index in [9.17, 15) is 0 Å². The third-order valence-corrected chi connectivity index (χ3v) is 2.27. The number of halogens is 2. The van der Waals surface area contributed by atoms with Crippen molar-refractivity contribution >= 4 is 27.5 Å². The molecular weight excluding hydrogens is 243 g/mol. The van der Waals surface area contributed by atoms with Gasteiger partial charge in [-0.25, -0.2) is 0 Å². The van der Waals surface area contributed by atoms with Crippen molar-refractivity contribution < 1.29 is 9.84 Å². The highest BCUT2D eigenvalue weighted by molar-refractivity contribution is 9.10. The first kappa shape index (κ1) is 9.84. The molecule has 66 valence electrons. The van der Waals surface area contributed by atoms with Gasteiger partial charge in [-0.05, 0) is 28.1 Å². The van der Waals surface area contributed by atoms with E-state index in [0.29, 0.717) is 16.3 Å². The minimum absolute atomic E-state index is 0.0810. The van der Waals surface area contributed by atoms with Crippen molar-refractivity contribution in [2.45, 2.75) is 6.61 Å².